The normalized spacial score (nSPS) is 20.5. The monoisotopic (exact) mass is 413 g/mol. The maximum atomic E-state index is 5.00. The van der Waals surface area contributed by atoms with Gasteiger partial charge in [-0.15, -0.1) is 0 Å². The largest absolute Gasteiger partial charge is 0.256 e. The molecule has 1 aromatic rings. The molecule has 6 rings (SSSR count). The summed E-state index contributed by atoms with van der Waals surface area (Å²) >= 11 is 0. The van der Waals surface area contributed by atoms with Gasteiger partial charge in [0.1, 0.15) is 0 Å². The van der Waals surface area contributed by atoms with E-state index in [9.17, 15) is 0 Å². The highest BCUT2D eigenvalue weighted by molar-refractivity contribution is 6.22. The van der Waals surface area contributed by atoms with Crippen LogP contribution in [0.15, 0.2) is 133 Å². The Kier molecular flexibility index (Phi) is 4.32. The van der Waals surface area contributed by atoms with Crippen LogP contribution < -0.4 is 0 Å². The van der Waals surface area contributed by atoms with Gasteiger partial charge in [0.15, 0.2) is 0 Å². The van der Waals surface area contributed by atoms with Crippen LogP contribution in [0.25, 0.3) is 5.57 Å². The summed E-state index contributed by atoms with van der Waals surface area (Å²) in [5.41, 5.74) is 10.2. The predicted octanol–water partition coefficient (Wildman–Crippen LogP) is 5.28. The molecule has 8 bridgehead atoms. The molecule has 0 unspecified atom stereocenters. The molecule has 5 heteroatoms. The first-order valence-electron chi connectivity index (χ1n) is 10.7. The predicted molar refractivity (Wildman–Crippen MR) is 131 cm³/mol. The summed E-state index contributed by atoms with van der Waals surface area (Å²) in [6.07, 6.45) is 22.7. The SMILES string of the molecule is CCC1=C(c2ccccn2)C2=CC3=NC(=CC4=NC(=CC5=NC(=CC1=N2)C=C5)C=C4)C=C3. The van der Waals surface area contributed by atoms with Gasteiger partial charge < -0.3 is 0 Å². The van der Waals surface area contributed by atoms with Crippen molar-refractivity contribution in [2.45, 2.75) is 13.3 Å². The Morgan fingerprint density at radius 2 is 1.28 bits per heavy atom. The number of hydrogen-bond acceptors (Lipinski definition) is 5. The van der Waals surface area contributed by atoms with Crippen LogP contribution >= 0.6 is 0 Å². The highest BCUT2D eigenvalue weighted by Crippen LogP contribution is 2.36. The molecule has 0 amide bonds. The zero-order valence-corrected chi connectivity index (χ0v) is 17.5. The van der Waals surface area contributed by atoms with Crippen LogP contribution in [0.5, 0.6) is 0 Å². The molecule has 152 valence electrons. The van der Waals surface area contributed by atoms with Crippen molar-refractivity contribution < 1.29 is 0 Å². The molecule has 32 heavy (non-hydrogen) atoms. The van der Waals surface area contributed by atoms with Gasteiger partial charge >= 0.3 is 0 Å². The smallest absolute Gasteiger partial charge is 0.0756 e. The van der Waals surface area contributed by atoms with E-state index in [-0.39, 0.29) is 0 Å². The number of fused-ring (bicyclic) bond motifs is 4. The van der Waals surface area contributed by atoms with Gasteiger partial charge in [-0.1, -0.05) is 13.0 Å². The fourth-order valence-corrected chi connectivity index (χ4v) is 4.16. The van der Waals surface area contributed by atoms with Crippen molar-refractivity contribution >= 4 is 28.4 Å². The maximum absolute atomic E-state index is 5.00. The van der Waals surface area contributed by atoms with Crippen LogP contribution in [-0.4, -0.2) is 27.8 Å². The number of nitrogens with zero attached hydrogens (tertiary/aromatic N) is 5. The fourth-order valence-electron chi connectivity index (χ4n) is 4.16. The highest BCUT2D eigenvalue weighted by atomic mass is 14.9. The number of rotatable bonds is 2. The Labute approximate surface area is 186 Å². The Balaban J connectivity index is 1.56. The van der Waals surface area contributed by atoms with E-state index in [1.807, 2.05) is 85.2 Å². The summed E-state index contributed by atoms with van der Waals surface area (Å²) < 4.78 is 0. The van der Waals surface area contributed by atoms with E-state index in [0.717, 1.165) is 68.9 Å². The molecule has 6 heterocycles. The van der Waals surface area contributed by atoms with Crippen LogP contribution in [0.3, 0.4) is 0 Å². The second-order valence-electron chi connectivity index (χ2n) is 7.77. The Morgan fingerprint density at radius 1 is 0.656 bits per heavy atom. The summed E-state index contributed by atoms with van der Waals surface area (Å²) in [5.74, 6) is 0. The van der Waals surface area contributed by atoms with E-state index in [0.29, 0.717) is 0 Å². The van der Waals surface area contributed by atoms with Crippen LogP contribution in [-0.2, 0) is 0 Å². The third-order valence-corrected chi connectivity index (χ3v) is 5.59. The zero-order valence-electron chi connectivity index (χ0n) is 17.5. The molecule has 1 aromatic heterocycles. The standard InChI is InChI=1S/C27H19N5/c1-2-23-25-15-21-10-8-19(30-21)13-17-6-7-18(29-17)14-20-9-11-22(31-20)16-26(32-25)27(23)24-5-3-4-12-28-24/h3-16H,2H2,1H3. The van der Waals surface area contributed by atoms with Crippen molar-refractivity contribution in [3.05, 3.63) is 119 Å². The number of allylic oxidation sites excluding steroid dienone is 12. The van der Waals surface area contributed by atoms with Crippen molar-refractivity contribution in [1.82, 2.24) is 4.98 Å². The average Bonchev–Trinajstić information content (AvgIpc) is 3.58. The molecule has 0 aliphatic carbocycles. The number of aromatic nitrogens is 1. The maximum Gasteiger partial charge on any atom is 0.0756 e. The van der Waals surface area contributed by atoms with Gasteiger partial charge in [0.2, 0.25) is 0 Å². The molecule has 5 aliphatic heterocycles. The van der Waals surface area contributed by atoms with Crippen LogP contribution in [0.4, 0.5) is 0 Å². The van der Waals surface area contributed by atoms with Crippen molar-refractivity contribution in [1.29, 1.82) is 0 Å². The van der Waals surface area contributed by atoms with Gasteiger partial charge in [0, 0.05) is 11.8 Å². The van der Waals surface area contributed by atoms with Crippen molar-refractivity contribution in [3.63, 3.8) is 0 Å². The lowest BCUT2D eigenvalue weighted by atomic mass is 9.98. The third kappa shape index (κ3) is 3.34. The van der Waals surface area contributed by atoms with Crippen molar-refractivity contribution in [2.75, 3.05) is 0 Å². The second kappa shape index (κ2) is 7.46. The van der Waals surface area contributed by atoms with Crippen molar-refractivity contribution in [3.8, 4) is 0 Å². The zero-order chi connectivity index (χ0) is 21.5. The van der Waals surface area contributed by atoms with E-state index < -0.39 is 0 Å². The highest BCUT2D eigenvalue weighted by Gasteiger charge is 2.25. The Bertz CT molecular complexity index is 1410. The lowest BCUT2D eigenvalue weighted by Gasteiger charge is -2.07. The lowest BCUT2D eigenvalue weighted by Crippen LogP contribution is -1.98. The molecule has 5 aliphatic rings. The molecular weight excluding hydrogens is 394 g/mol. The summed E-state index contributed by atoms with van der Waals surface area (Å²) in [5, 5.41) is 0. The van der Waals surface area contributed by atoms with Gasteiger partial charge in [-0.05, 0) is 84.9 Å². The second-order valence-corrected chi connectivity index (χ2v) is 7.77. The third-order valence-electron chi connectivity index (χ3n) is 5.59. The molecule has 0 aromatic carbocycles. The average molecular weight is 413 g/mol. The fraction of sp³-hybridized carbons (Fsp3) is 0.0741. The molecule has 0 N–H and O–H groups in total. The van der Waals surface area contributed by atoms with Gasteiger partial charge in [-0.3, -0.25) is 4.98 Å². The topological polar surface area (TPSA) is 62.3 Å². The van der Waals surface area contributed by atoms with Gasteiger partial charge in [0.25, 0.3) is 0 Å². The molecule has 0 saturated heterocycles. The molecule has 0 radical (unpaired) electrons. The molecule has 0 fully saturated rings. The van der Waals surface area contributed by atoms with Crippen molar-refractivity contribution in [2.24, 2.45) is 20.0 Å². The molecule has 0 atom stereocenters. The van der Waals surface area contributed by atoms with Crippen LogP contribution in [0.1, 0.15) is 19.0 Å². The lowest BCUT2D eigenvalue weighted by molar-refractivity contribution is 1.17. The minimum Gasteiger partial charge on any atom is -0.256 e. The van der Waals surface area contributed by atoms with Crippen LogP contribution in [0, 0.1) is 0 Å². The van der Waals surface area contributed by atoms with Gasteiger partial charge in [0.05, 0.1) is 51.3 Å². The van der Waals surface area contributed by atoms with Gasteiger partial charge in [-0.2, -0.15) is 0 Å². The minimum atomic E-state index is 0.839. The molecule has 0 spiro atoms. The first-order chi connectivity index (χ1) is 15.7. The Morgan fingerprint density at radius 3 is 1.88 bits per heavy atom. The Hall–Kier alpha value is -4.25. The van der Waals surface area contributed by atoms with Crippen LogP contribution in [0.2, 0.25) is 0 Å². The van der Waals surface area contributed by atoms with E-state index in [1.54, 1.807) is 0 Å². The summed E-state index contributed by atoms with van der Waals surface area (Å²) in [7, 11) is 0. The summed E-state index contributed by atoms with van der Waals surface area (Å²) in [4.78, 5) is 23.8. The number of aliphatic imine (C=N–C) groups is 4. The summed E-state index contributed by atoms with van der Waals surface area (Å²) in [6.45, 7) is 2.15. The first-order valence-corrected chi connectivity index (χ1v) is 10.7. The first kappa shape index (κ1) is 18.5. The number of pyridine rings is 1. The molecular formula is C27H19N5. The van der Waals surface area contributed by atoms with E-state index in [4.69, 9.17) is 15.0 Å². The van der Waals surface area contributed by atoms with Gasteiger partial charge in [-0.25, -0.2) is 20.0 Å². The minimum absolute atomic E-state index is 0.839. The van der Waals surface area contributed by atoms with E-state index >= 15 is 0 Å². The molecule has 0 saturated carbocycles. The summed E-state index contributed by atoms with van der Waals surface area (Å²) in [6, 6.07) is 5.97. The molecule has 5 nitrogen and oxygen atoms in total. The number of hydrogen-bond donors (Lipinski definition) is 0. The quantitative estimate of drug-likeness (QED) is 0.650. The van der Waals surface area contributed by atoms with E-state index in [2.05, 4.69) is 16.9 Å². The van der Waals surface area contributed by atoms with E-state index in [1.165, 1.54) is 0 Å².